The number of thiophene rings is 1. The smallest absolute Gasteiger partial charge is 0.341 e. The molecule has 1 heterocycles. The lowest BCUT2D eigenvalue weighted by Gasteiger charge is -2.12. The Labute approximate surface area is 232 Å². The van der Waals surface area contributed by atoms with Gasteiger partial charge in [-0.05, 0) is 67.1 Å². The molecule has 0 atom stereocenters. The number of hydrogen-bond donors (Lipinski definition) is 2. The molecule has 4 rings (SSSR count). The molecule has 2 amide bonds. The maximum atomic E-state index is 14.0. The summed E-state index contributed by atoms with van der Waals surface area (Å²) >= 11 is 7.32. The third kappa shape index (κ3) is 6.55. The van der Waals surface area contributed by atoms with Crippen molar-refractivity contribution in [3.8, 4) is 11.5 Å². The zero-order valence-corrected chi connectivity index (χ0v) is 22.7. The SMILES string of the molecule is COC(=O)c1c(NC(=O)C(=O)N/N=C/c2ccc(OCc3c(F)cccc3Cl)c(OC)c2)sc2c1CCCC2. The van der Waals surface area contributed by atoms with Gasteiger partial charge in [0.05, 0.1) is 31.0 Å². The molecule has 0 spiro atoms. The van der Waals surface area contributed by atoms with Gasteiger partial charge in [0.15, 0.2) is 11.5 Å². The van der Waals surface area contributed by atoms with Gasteiger partial charge >= 0.3 is 17.8 Å². The zero-order valence-electron chi connectivity index (χ0n) is 21.1. The second kappa shape index (κ2) is 12.7. The minimum absolute atomic E-state index is 0.106. The molecule has 1 aliphatic rings. The average Bonchev–Trinajstić information content (AvgIpc) is 3.30. The minimum atomic E-state index is -1.01. The molecule has 0 saturated heterocycles. The number of benzene rings is 2. The number of methoxy groups -OCH3 is 2. The van der Waals surface area contributed by atoms with Gasteiger partial charge in [-0.15, -0.1) is 11.3 Å². The highest BCUT2D eigenvalue weighted by molar-refractivity contribution is 7.17. The van der Waals surface area contributed by atoms with Crippen molar-refractivity contribution < 1.29 is 33.0 Å². The molecular weight excluding hydrogens is 549 g/mol. The van der Waals surface area contributed by atoms with Crippen LogP contribution < -0.4 is 20.2 Å². The average molecular weight is 574 g/mol. The number of nitrogens with zero attached hydrogens (tertiary/aromatic N) is 1. The van der Waals surface area contributed by atoms with Crippen LogP contribution in [0.5, 0.6) is 11.5 Å². The predicted molar refractivity (Wildman–Crippen MR) is 145 cm³/mol. The fourth-order valence-corrected chi connectivity index (χ4v) is 5.54. The molecular formula is C27H25ClFN3O6S. The van der Waals surface area contributed by atoms with Crippen molar-refractivity contribution in [1.29, 1.82) is 0 Å². The molecule has 0 unspecified atom stereocenters. The third-order valence-electron chi connectivity index (χ3n) is 6.00. The number of fused-ring (bicyclic) bond motifs is 1. The Kier molecular flexibility index (Phi) is 9.15. The lowest BCUT2D eigenvalue weighted by molar-refractivity contribution is -0.136. The van der Waals surface area contributed by atoms with E-state index in [1.165, 1.54) is 43.9 Å². The first-order valence-electron chi connectivity index (χ1n) is 11.9. The molecule has 0 fully saturated rings. The van der Waals surface area contributed by atoms with Crippen LogP contribution in [0.4, 0.5) is 9.39 Å². The van der Waals surface area contributed by atoms with Gasteiger partial charge in [-0.2, -0.15) is 5.10 Å². The van der Waals surface area contributed by atoms with Gasteiger partial charge in [0.2, 0.25) is 0 Å². The van der Waals surface area contributed by atoms with Crippen molar-refractivity contribution in [3.63, 3.8) is 0 Å². The van der Waals surface area contributed by atoms with Crippen LogP contribution in [0.2, 0.25) is 5.02 Å². The third-order valence-corrected chi connectivity index (χ3v) is 7.56. The molecule has 12 heteroatoms. The number of ether oxygens (including phenoxy) is 3. The number of anilines is 1. The van der Waals surface area contributed by atoms with Gasteiger partial charge in [0, 0.05) is 10.4 Å². The van der Waals surface area contributed by atoms with Gasteiger partial charge in [-0.1, -0.05) is 17.7 Å². The number of aryl methyl sites for hydroxylation is 1. The number of hydrazone groups is 1. The second-order valence-corrected chi connectivity index (χ2v) is 9.97. The van der Waals surface area contributed by atoms with E-state index in [4.69, 9.17) is 25.8 Å². The standard InChI is InChI=1S/C27H25ClFN3O6S/c1-36-21-12-15(10-11-20(21)38-14-17-18(28)7-5-8-19(17)29)13-30-32-25(34)24(33)31-26-23(27(35)37-2)16-6-3-4-9-22(16)39-26/h5,7-8,10-13H,3-4,6,9,14H2,1-2H3,(H,31,33)(H,32,34)/b30-13+. The molecule has 204 valence electrons. The van der Waals surface area contributed by atoms with E-state index in [0.717, 1.165) is 29.7 Å². The lowest BCUT2D eigenvalue weighted by Crippen LogP contribution is -2.32. The normalized spacial score (nSPS) is 12.5. The fraction of sp³-hybridized carbons (Fsp3) is 0.259. The summed E-state index contributed by atoms with van der Waals surface area (Å²) in [6, 6.07) is 9.19. The number of carbonyl (C=O) groups is 3. The van der Waals surface area contributed by atoms with Gasteiger partial charge < -0.3 is 19.5 Å². The van der Waals surface area contributed by atoms with E-state index in [-0.39, 0.29) is 22.2 Å². The van der Waals surface area contributed by atoms with Crippen LogP contribution in [-0.4, -0.2) is 38.2 Å². The van der Waals surface area contributed by atoms with Crippen LogP contribution in [0.15, 0.2) is 41.5 Å². The second-order valence-electron chi connectivity index (χ2n) is 8.46. The zero-order chi connectivity index (χ0) is 27.9. The number of carbonyl (C=O) groups excluding carboxylic acids is 3. The molecule has 0 radical (unpaired) electrons. The number of hydrogen-bond acceptors (Lipinski definition) is 8. The molecule has 3 aromatic rings. The highest BCUT2D eigenvalue weighted by Crippen LogP contribution is 2.38. The van der Waals surface area contributed by atoms with Crippen LogP contribution in [0.3, 0.4) is 0 Å². The van der Waals surface area contributed by atoms with E-state index < -0.39 is 23.6 Å². The van der Waals surface area contributed by atoms with Crippen LogP contribution in [0.1, 0.15) is 44.8 Å². The Balaban J connectivity index is 1.38. The molecule has 2 N–H and O–H groups in total. The van der Waals surface area contributed by atoms with E-state index >= 15 is 0 Å². The number of amides is 2. The molecule has 1 aliphatic carbocycles. The van der Waals surface area contributed by atoms with Crippen molar-refractivity contribution in [2.75, 3.05) is 19.5 Å². The van der Waals surface area contributed by atoms with Crippen LogP contribution >= 0.6 is 22.9 Å². The van der Waals surface area contributed by atoms with E-state index in [9.17, 15) is 18.8 Å². The minimum Gasteiger partial charge on any atom is -0.493 e. The van der Waals surface area contributed by atoms with Gasteiger partial charge in [0.1, 0.15) is 17.4 Å². The number of rotatable bonds is 8. The summed E-state index contributed by atoms with van der Waals surface area (Å²) in [6.45, 7) is -0.106. The molecule has 2 aromatic carbocycles. The summed E-state index contributed by atoms with van der Waals surface area (Å²) in [5.74, 6) is -2.33. The Morgan fingerprint density at radius 3 is 2.64 bits per heavy atom. The number of nitrogens with one attached hydrogen (secondary N) is 2. The van der Waals surface area contributed by atoms with Crippen LogP contribution in [0.25, 0.3) is 0 Å². The number of esters is 1. The first-order valence-corrected chi connectivity index (χ1v) is 13.1. The Morgan fingerprint density at radius 2 is 1.90 bits per heavy atom. The summed E-state index contributed by atoms with van der Waals surface area (Å²) in [4.78, 5) is 38.2. The summed E-state index contributed by atoms with van der Waals surface area (Å²) in [7, 11) is 2.71. The molecule has 0 bridgehead atoms. The van der Waals surface area contributed by atoms with Crippen LogP contribution in [0, 0.1) is 5.82 Å². The van der Waals surface area contributed by atoms with Gasteiger partial charge in [-0.3, -0.25) is 9.59 Å². The van der Waals surface area contributed by atoms with Crippen molar-refractivity contribution in [2.24, 2.45) is 5.10 Å². The highest BCUT2D eigenvalue weighted by atomic mass is 35.5. The lowest BCUT2D eigenvalue weighted by atomic mass is 9.95. The molecule has 0 aliphatic heterocycles. The summed E-state index contributed by atoms with van der Waals surface area (Å²) in [6.07, 6.45) is 4.77. The Hall–Kier alpha value is -3.96. The van der Waals surface area contributed by atoms with Crippen molar-refractivity contribution in [1.82, 2.24) is 5.43 Å². The van der Waals surface area contributed by atoms with E-state index in [0.29, 0.717) is 29.0 Å². The molecule has 1 aromatic heterocycles. The van der Waals surface area contributed by atoms with E-state index in [1.807, 2.05) is 0 Å². The summed E-state index contributed by atoms with van der Waals surface area (Å²) in [5.41, 5.74) is 4.08. The summed E-state index contributed by atoms with van der Waals surface area (Å²) in [5, 5.41) is 6.88. The molecule has 0 saturated carbocycles. The predicted octanol–water partition coefficient (Wildman–Crippen LogP) is 4.88. The van der Waals surface area contributed by atoms with Crippen molar-refractivity contribution >= 4 is 51.9 Å². The quantitative estimate of drug-likeness (QED) is 0.172. The highest BCUT2D eigenvalue weighted by Gasteiger charge is 2.28. The first-order chi connectivity index (χ1) is 18.8. The maximum Gasteiger partial charge on any atom is 0.341 e. The summed E-state index contributed by atoms with van der Waals surface area (Å²) < 4.78 is 29.9. The monoisotopic (exact) mass is 573 g/mol. The molecule has 9 nitrogen and oxygen atoms in total. The Bertz CT molecular complexity index is 1420. The van der Waals surface area contributed by atoms with Crippen LogP contribution in [-0.2, 0) is 33.8 Å². The van der Waals surface area contributed by atoms with Gasteiger partial charge in [-0.25, -0.2) is 14.6 Å². The molecule has 39 heavy (non-hydrogen) atoms. The number of halogens is 2. The van der Waals surface area contributed by atoms with Gasteiger partial charge in [0.25, 0.3) is 0 Å². The van der Waals surface area contributed by atoms with E-state index in [1.54, 1.807) is 24.3 Å². The Morgan fingerprint density at radius 1 is 1.10 bits per heavy atom. The first kappa shape index (κ1) is 28.1. The van der Waals surface area contributed by atoms with Crippen molar-refractivity contribution in [2.45, 2.75) is 32.3 Å². The maximum absolute atomic E-state index is 14.0. The van der Waals surface area contributed by atoms with E-state index in [2.05, 4.69) is 15.8 Å². The fourth-order valence-electron chi connectivity index (χ4n) is 4.05. The largest absolute Gasteiger partial charge is 0.493 e. The van der Waals surface area contributed by atoms with Crippen molar-refractivity contribution in [3.05, 3.63) is 74.4 Å². The topological polar surface area (TPSA) is 115 Å².